The first-order valence-corrected chi connectivity index (χ1v) is 7.42. The minimum Gasteiger partial charge on any atom is -0.481 e. The normalized spacial score (nSPS) is 18.2. The number of carbonyl (C=O) groups excluding carboxylic acids is 1. The lowest BCUT2D eigenvalue weighted by Crippen LogP contribution is -2.45. The second kappa shape index (κ2) is 6.61. The van der Waals surface area contributed by atoms with Crippen LogP contribution in [0.1, 0.15) is 38.2 Å². The van der Waals surface area contributed by atoms with Crippen LogP contribution in [-0.2, 0) is 9.59 Å². The van der Waals surface area contributed by atoms with Crippen LogP contribution >= 0.6 is 0 Å². The number of nitrogens with zero attached hydrogens (tertiary/aromatic N) is 1. The highest BCUT2D eigenvalue weighted by Crippen LogP contribution is 2.37. The summed E-state index contributed by atoms with van der Waals surface area (Å²) in [6, 6.07) is 7.05. The van der Waals surface area contributed by atoms with E-state index in [4.69, 9.17) is 0 Å². The number of unbranched alkanes of at least 4 members (excludes halogenated alkanes) is 1. The molecule has 0 aromatic heterocycles. The molecule has 1 aromatic rings. The van der Waals surface area contributed by atoms with E-state index < -0.39 is 11.9 Å². The highest BCUT2D eigenvalue weighted by molar-refractivity contribution is 5.89. The van der Waals surface area contributed by atoms with Gasteiger partial charge in [0.15, 0.2) is 0 Å². The van der Waals surface area contributed by atoms with Gasteiger partial charge in [0.2, 0.25) is 5.91 Å². The molecule has 1 aromatic carbocycles. The molecule has 114 valence electrons. The van der Waals surface area contributed by atoms with Crippen molar-refractivity contribution in [1.29, 1.82) is 0 Å². The Morgan fingerprint density at radius 2 is 2.14 bits per heavy atom. The van der Waals surface area contributed by atoms with Gasteiger partial charge in [-0.05, 0) is 25.0 Å². The van der Waals surface area contributed by atoms with Crippen molar-refractivity contribution >= 4 is 17.6 Å². The number of nitrogens with one attached hydrogen (secondary N) is 1. The Labute approximate surface area is 125 Å². The number of carboxylic acids is 1. The number of para-hydroxylation sites is 1. The number of hydrogen-bond donors (Lipinski definition) is 2. The lowest BCUT2D eigenvalue weighted by molar-refractivity contribution is -0.138. The van der Waals surface area contributed by atoms with Crippen LogP contribution in [0.25, 0.3) is 0 Å². The molecule has 5 nitrogen and oxygen atoms in total. The molecule has 0 bridgehead atoms. The van der Waals surface area contributed by atoms with E-state index in [-0.39, 0.29) is 11.9 Å². The molecule has 1 aliphatic rings. The number of hydrogen-bond acceptors (Lipinski definition) is 3. The van der Waals surface area contributed by atoms with Gasteiger partial charge in [0.25, 0.3) is 0 Å². The van der Waals surface area contributed by atoms with Crippen LogP contribution in [0.3, 0.4) is 0 Å². The van der Waals surface area contributed by atoms with E-state index >= 15 is 0 Å². The molecule has 5 heteroatoms. The zero-order valence-corrected chi connectivity index (χ0v) is 12.5. The Balaban J connectivity index is 2.14. The minimum absolute atomic E-state index is 0.0516. The van der Waals surface area contributed by atoms with Crippen molar-refractivity contribution in [3.8, 4) is 0 Å². The number of carbonyl (C=O) groups is 2. The number of carboxylic acid groups (broad SMARTS) is 1. The first-order valence-electron chi connectivity index (χ1n) is 7.42. The second-order valence-electron chi connectivity index (χ2n) is 5.42. The van der Waals surface area contributed by atoms with Crippen molar-refractivity contribution in [2.75, 3.05) is 18.0 Å². The van der Waals surface area contributed by atoms with Gasteiger partial charge in [0.1, 0.15) is 12.0 Å². The van der Waals surface area contributed by atoms with Crippen LogP contribution in [0.2, 0.25) is 0 Å². The van der Waals surface area contributed by atoms with Gasteiger partial charge in [-0.2, -0.15) is 0 Å². The number of rotatable bonds is 6. The van der Waals surface area contributed by atoms with Crippen molar-refractivity contribution < 1.29 is 14.7 Å². The fraction of sp³-hybridized carbons (Fsp3) is 0.500. The number of fused-ring (bicyclic) bond motifs is 1. The quantitative estimate of drug-likeness (QED) is 0.786. The Morgan fingerprint density at radius 1 is 1.43 bits per heavy atom. The average molecular weight is 290 g/mol. The van der Waals surface area contributed by atoms with E-state index in [0.29, 0.717) is 13.1 Å². The van der Waals surface area contributed by atoms with Crippen LogP contribution in [0.15, 0.2) is 24.3 Å². The van der Waals surface area contributed by atoms with Gasteiger partial charge in [0.05, 0.1) is 0 Å². The molecule has 1 heterocycles. The molecule has 2 atom stereocenters. The Hall–Kier alpha value is -2.04. The summed E-state index contributed by atoms with van der Waals surface area (Å²) < 4.78 is 0. The fourth-order valence-electron chi connectivity index (χ4n) is 2.69. The van der Waals surface area contributed by atoms with Crippen LogP contribution in [0.4, 0.5) is 5.69 Å². The summed E-state index contributed by atoms with van der Waals surface area (Å²) in [5.74, 6) is -1.46. The van der Waals surface area contributed by atoms with E-state index in [0.717, 1.165) is 24.1 Å². The van der Waals surface area contributed by atoms with Crippen LogP contribution in [0, 0.1) is 0 Å². The van der Waals surface area contributed by atoms with E-state index in [1.165, 1.54) is 0 Å². The fourth-order valence-corrected chi connectivity index (χ4v) is 2.69. The summed E-state index contributed by atoms with van der Waals surface area (Å²) in [6.07, 6.45) is 1.98. The molecule has 1 amide bonds. The third kappa shape index (κ3) is 3.17. The van der Waals surface area contributed by atoms with Crippen LogP contribution < -0.4 is 10.2 Å². The highest BCUT2D eigenvalue weighted by Gasteiger charge is 2.37. The van der Waals surface area contributed by atoms with Crippen molar-refractivity contribution in [3.05, 3.63) is 29.8 Å². The third-order valence-electron chi connectivity index (χ3n) is 3.98. The first-order chi connectivity index (χ1) is 10.1. The standard InChI is InChI=1S/C16H22N2O3/c1-3-4-9-17-15(19)11(2)18-10-13(16(20)21)12-7-5-6-8-14(12)18/h5-8,11,13H,3-4,9-10H2,1-2H3,(H,17,19)(H,20,21). The number of aliphatic carboxylic acids is 1. The van der Waals surface area contributed by atoms with Crippen molar-refractivity contribution in [1.82, 2.24) is 5.32 Å². The highest BCUT2D eigenvalue weighted by atomic mass is 16.4. The van der Waals surface area contributed by atoms with Gasteiger partial charge >= 0.3 is 5.97 Å². The van der Waals surface area contributed by atoms with Crippen molar-refractivity contribution in [2.45, 2.75) is 38.6 Å². The van der Waals surface area contributed by atoms with Gasteiger partial charge in [-0.15, -0.1) is 0 Å². The molecule has 0 radical (unpaired) electrons. The predicted molar refractivity (Wildman–Crippen MR) is 81.5 cm³/mol. The summed E-state index contributed by atoms with van der Waals surface area (Å²) in [7, 11) is 0. The lowest BCUT2D eigenvalue weighted by Gasteiger charge is -2.26. The summed E-state index contributed by atoms with van der Waals surface area (Å²) in [4.78, 5) is 25.5. The molecule has 0 fully saturated rings. The maximum atomic E-state index is 12.2. The molecule has 1 aliphatic heterocycles. The summed E-state index contributed by atoms with van der Waals surface area (Å²) in [5.41, 5.74) is 1.64. The summed E-state index contributed by atoms with van der Waals surface area (Å²) in [6.45, 7) is 4.90. The Bertz CT molecular complexity index is 530. The average Bonchev–Trinajstić information content (AvgIpc) is 2.86. The van der Waals surface area contributed by atoms with Gasteiger partial charge in [-0.25, -0.2) is 0 Å². The molecule has 21 heavy (non-hydrogen) atoms. The molecule has 2 N–H and O–H groups in total. The van der Waals surface area contributed by atoms with Crippen molar-refractivity contribution in [2.24, 2.45) is 0 Å². The zero-order chi connectivity index (χ0) is 15.4. The molecule has 2 unspecified atom stereocenters. The van der Waals surface area contributed by atoms with Gasteiger partial charge in [0, 0.05) is 18.8 Å². The molecule has 0 saturated heterocycles. The maximum Gasteiger partial charge on any atom is 0.312 e. The van der Waals surface area contributed by atoms with E-state index in [1.807, 2.05) is 36.1 Å². The van der Waals surface area contributed by atoms with E-state index in [9.17, 15) is 14.7 Å². The van der Waals surface area contributed by atoms with Gasteiger partial charge in [-0.1, -0.05) is 31.5 Å². The largest absolute Gasteiger partial charge is 0.481 e. The predicted octanol–water partition coefficient (Wildman–Crippen LogP) is 1.98. The van der Waals surface area contributed by atoms with Gasteiger partial charge in [-0.3, -0.25) is 9.59 Å². The monoisotopic (exact) mass is 290 g/mol. The lowest BCUT2D eigenvalue weighted by atomic mass is 10.0. The number of amides is 1. The van der Waals surface area contributed by atoms with Gasteiger partial charge < -0.3 is 15.3 Å². The first kappa shape index (κ1) is 15.4. The molecular weight excluding hydrogens is 268 g/mol. The maximum absolute atomic E-state index is 12.2. The summed E-state index contributed by atoms with van der Waals surface area (Å²) in [5, 5.41) is 12.3. The molecular formula is C16H22N2O3. The minimum atomic E-state index is -0.844. The van der Waals surface area contributed by atoms with E-state index in [2.05, 4.69) is 12.2 Å². The Morgan fingerprint density at radius 3 is 2.81 bits per heavy atom. The molecule has 2 rings (SSSR count). The molecule has 0 aliphatic carbocycles. The Kier molecular flexibility index (Phi) is 4.83. The number of benzene rings is 1. The smallest absolute Gasteiger partial charge is 0.312 e. The summed E-state index contributed by atoms with van der Waals surface area (Å²) >= 11 is 0. The van der Waals surface area contributed by atoms with Crippen LogP contribution in [0.5, 0.6) is 0 Å². The van der Waals surface area contributed by atoms with Crippen LogP contribution in [-0.4, -0.2) is 36.1 Å². The third-order valence-corrected chi connectivity index (χ3v) is 3.98. The molecule has 0 saturated carbocycles. The molecule has 0 spiro atoms. The number of anilines is 1. The van der Waals surface area contributed by atoms with E-state index in [1.54, 1.807) is 0 Å². The zero-order valence-electron chi connectivity index (χ0n) is 12.5. The SMILES string of the molecule is CCCCNC(=O)C(C)N1CC(C(=O)O)c2ccccc21. The topological polar surface area (TPSA) is 69.6 Å². The van der Waals surface area contributed by atoms with Crippen molar-refractivity contribution in [3.63, 3.8) is 0 Å². The second-order valence-corrected chi connectivity index (χ2v) is 5.42.